The number of benzene rings is 4. The van der Waals surface area contributed by atoms with Gasteiger partial charge in [0.15, 0.2) is 0 Å². The zero-order valence-electron chi connectivity index (χ0n) is 21.0. The van der Waals surface area contributed by atoms with Crippen LogP contribution < -0.4 is 5.48 Å². The van der Waals surface area contributed by atoms with Crippen LogP contribution >= 0.6 is 0 Å². The number of carbonyl (C=O) groups is 1. The van der Waals surface area contributed by atoms with Crippen LogP contribution in [0.1, 0.15) is 27.0 Å². The summed E-state index contributed by atoms with van der Waals surface area (Å²) in [6, 6.07) is 18.8. The van der Waals surface area contributed by atoms with Gasteiger partial charge in [-0.2, -0.15) is 0 Å². The first-order valence-corrected chi connectivity index (χ1v) is 11.9. The molecular weight excluding hydrogens is 501 g/mol. The minimum Gasteiger partial charge on any atom is -0.505 e. The molecule has 5 aromatic rings. The largest absolute Gasteiger partial charge is 0.505 e. The molecule has 196 valence electrons. The van der Waals surface area contributed by atoms with E-state index in [0.717, 1.165) is 17.2 Å². The molecule has 5 N–H and O–H groups in total. The summed E-state index contributed by atoms with van der Waals surface area (Å²) in [5.74, 6) is -2.22. The normalized spacial score (nSPS) is 11.4. The number of nitrogens with one attached hydrogen (secondary N) is 1. The van der Waals surface area contributed by atoms with E-state index in [9.17, 15) is 29.7 Å². The van der Waals surface area contributed by atoms with Gasteiger partial charge in [0.05, 0.1) is 22.3 Å². The SMILES string of the molecule is Cc1cc(C)cc(-c2cc(F)cc(N=Cc3c(O)n(-c4cccc(C(=O)O)c4)c4ccc(NO)cc34)c2O)c1. The summed E-state index contributed by atoms with van der Waals surface area (Å²) in [5.41, 5.74) is 6.28. The van der Waals surface area contributed by atoms with Gasteiger partial charge in [-0.3, -0.25) is 20.2 Å². The summed E-state index contributed by atoms with van der Waals surface area (Å²) >= 11 is 0. The minimum absolute atomic E-state index is 0.0289. The highest BCUT2D eigenvalue weighted by Crippen LogP contribution is 2.40. The fraction of sp³-hybridized carbons (Fsp3) is 0.0667. The maximum atomic E-state index is 14.7. The van der Waals surface area contributed by atoms with Gasteiger partial charge in [-0.05, 0) is 61.9 Å². The minimum atomic E-state index is -1.12. The molecule has 0 saturated carbocycles. The maximum absolute atomic E-state index is 14.7. The Morgan fingerprint density at radius 3 is 2.41 bits per heavy atom. The lowest BCUT2D eigenvalue weighted by molar-refractivity contribution is 0.0696. The van der Waals surface area contributed by atoms with Crippen molar-refractivity contribution in [3.8, 4) is 28.4 Å². The first kappa shape index (κ1) is 25.5. The zero-order chi connectivity index (χ0) is 27.8. The third-order valence-corrected chi connectivity index (χ3v) is 6.38. The first-order chi connectivity index (χ1) is 18.7. The van der Waals surface area contributed by atoms with E-state index < -0.39 is 11.8 Å². The van der Waals surface area contributed by atoms with Crippen LogP contribution in [0.25, 0.3) is 27.7 Å². The summed E-state index contributed by atoms with van der Waals surface area (Å²) in [6.07, 6.45) is 1.29. The van der Waals surface area contributed by atoms with Crippen molar-refractivity contribution in [2.45, 2.75) is 13.8 Å². The van der Waals surface area contributed by atoms with Gasteiger partial charge in [0.1, 0.15) is 17.3 Å². The Morgan fingerprint density at radius 1 is 0.974 bits per heavy atom. The zero-order valence-corrected chi connectivity index (χ0v) is 21.0. The van der Waals surface area contributed by atoms with Crippen molar-refractivity contribution in [3.63, 3.8) is 0 Å². The van der Waals surface area contributed by atoms with E-state index >= 15 is 0 Å². The quantitative estimate of drug-likeness (QED) is 0.124. The van der Waals surface area contributed by atoms with E-state index in [4.69, 9.17) is 0 Å². The Morgan fingerprint density at radius 2 is 1.72 bits per heavy atom. The standard InChI is InChI=1S/C30H24FN3O5/c1-16-8-17(2)10-19(9-16)23-12-20(31)13-26(28(23)35)32-15-25-24-14-21(33-39)6-7-27(24)34(29(25)36)22-5-3-4-18(11-22)30(37)38/h3-15,33,35-36,39H,1-2H3,(H,37,38). The number of anilines is 1. The van der Waals surface area contributed by atoms with E-state index in [-0.39, 0.29) is 34.0 Å². The van der Waals surface area contributed by atoms with Crippen LogP contribution in [-0.4, -0.2) is 37.3 Å². The van der Waals surface area contributed by atoms with E-state index in [1.54, 1.807) is 30.3 Å². The number of fused-ring (bicyclic) bond motifs is 1. The predicted molar refractivity (Wildman–Crippen MR) is 148 cm³/mol. The Labute approximate surface area is 222 Å². The van der Waals surface area contributed by atoms with Crippen LogP contribution in [0.2, 0.25) is 0 Å². The molecule has 0 radical (unpaired) electrons. The van der Waals surface area contributed by atoms with Crippen LogP contribution in [0, 0.1) is 19.7 Å². The summed E-state index contributed by atoms with van der Waals surface area (Å²) in [5, 5.41) is 41.6. The number of aromatic carboxylic acids is 1. The van der Waals surface area contributed by atoms with Crippen molar-refractivity contribution < 1.29 is 29.7 Å². The van der Waals surface area contributed by atoms with Crippen molar-refractivity contribution in [1.82, 2.24) is 4.57 Å². The lowest BCUT2D eigenvalue weighted by Gasteiger charge is -2.10. The number of rotatable bonds is 6. The molecule has 0 aliphatic heterocycles. The van der Waals surface area contributed by atoms with E-state index in [2.05, 4.69) is 10.5 Å². The Kier molecular flexibility index (Phi) is 6.51. The third kappa shape index (κ3) is 4.78. The molecule has 0 fully saturated rings. The van der Waals surface area contributed by atoms with Gasteiger partial charge >= 0.3 is 5.97 Å². The van der Waals surface area contributed by atoms with Gasteiger partial charge in [-0.25, -0.2) is 9.18 Å². The summed E-state index contributed by atoms with van der Waals surface area (Å²) in [6.45, 7) is 3.82. The number of phenolic OH excluding ortho intramolecular Hbond substituents is 1. The molecule has 1 aromatic heterocycles. The Bertz CT molecular complexity index is 1770. The molecule has 0 aliphatic rings. The number of aromatic nitrogens is 1. The van der Waals surface area contributed by atoms with Crippen LogP contribution in [0.3, 0.4) is 0 Å². The van der Waals surface area contributed by atoms with Crippen molar-refractivity contribution in [2.24, 2.45) is 4.99 Å². The monoisotopic (exact) mass is 525 g/mol. The third-order valence-electron chi connectivity index (χ3n) is 6.38. The second kappa shape index (κ2) is 9.96. The summed E-state index contributed by atoms with van der Waals surface area (Å²) in [4.78, 5) is 15.8. The molecule has 4 aromatic carbocycles. The molecular formula is C30H24FN3O5. The van der Waals surface area contributed by atoms with Crippen LogP contribution in [0.15, 0.2) is 77.8 Å². The number of aromatic hydroxyl groups is 2. The number of aliphatic imine (C=N–C) groups is 1. The van der Waals surface area contributed by atoms with E-state index in [1.807, 2.05) is 32.0 Å². The number of carboxylic acids is 1. The molecule has 0 aliphatic carbocycles. The lowest BCUT2D eigenvalue weighted by Crippen LogP contribution is -1.99. The molecule has 8 nitrogen and oxygen atoms in total. The second-order valence-corrected chi connectivity index (χ2v) is 9.23. The lowest BCUT2D eigenvalue weighted by atomic mass is 9.99. The average molecular weight is 526 g/mol. The number of carboxylic acid groups (broad SMARTS) is 1. The number of nitrogens with zero attached hydrogens (tertiary/aromatic N) is 2. The van der Waals surface area contributed by atoms with Crippen LogP contribution in [0.4, 0.5) is 15.8 Å². The maximum Gasteiger partial charge on any atom is 0.335 e. The molecule has 0 bridgehead atoms. The fourth-order valence-corrected chi connectivity index (χ4v) is 4.71. The van der Waals surface area contributed by atoms with Gasteiger partial charge in [-0.1, -0.05) is 35.4 Å². The highest BCUT2D eigenvalue weighted by molar-refractivity contribution is 6.05. The fourth-order valence-electron chi connectivity index (χ4n) is 4.71. The van der Waals surface area contributed by atoms with Crippen molar-refractivity contribution in [1.29, 1.82) is 0 Å². The molecule has 0 spiro atoms. The Balaban J connectivity index is 1.68. The molecule has 9 heteroatoms. The first-order valence-electron chi connectivity index (χ1n) is 11.9. The number of hydrogen-bond acceptors (Lipinski definition) is 6. The highest BCUT2D eigenvalue weighted by atomic mass is 19.1. The van der Waals surface area contributed by atoms with Gasteiger partial charge in [0.2, 0.25) is 5.88 Å². The summed E-state index contributed by atoms with van der Waals surface area (Å²) in [7, 11) is 0. The topological polar surface area (TPSA) is 127 Å². The molecule has 0 amide bonds. The smallest absolute Gasteiger partial charge is 0.335 e. The molecule has 39 heavy (non-hydrogen) atoms. The van der Waals surface area contributed by atoms with Gasteiger partial charge in [0.25, 0.3) is 0 Å². The number of hydrogen-bond donors (Lipinski definition) is 5. The average Bonchev–Trinajstić information content (AvgIpc) is 3.18. The summed E-state index contributed by atoms with van der Waals surface area (Å²) < 4.78 is 16.1. The van der Waals surface area contributed by atoms with Crippen LogP contribution in [0.5, 0.6) is 11.6 Å². The Hall–Kier alpha value is -5.15. The predicted octanol–water partition coefficient (Wildman–Crippen LogP) is 6.71. The molecule has 0 saturated heterocycles. The second-order valence-electron chi connectivity index (χ2n) is 9.23. The number of aryl methyl sites for hydroxylation is 2. The van der Waals surface area contributed by atoms with Gasteiger partial charge in [0, 0.05) is 28.9 Å². The van der Waals surface area contributed by atoms with Crippen molar-refractivity contribution in [2.75, 3.05) is 5.48 Å². The van der Waals surface area contributed by atoms with Gasteiger partial charge in [-0.15, -0.1) is 0 Å². The highest BCUT2D eigenvalue weighted by Gasteiger charge is 2.19. The van der Waals surface area contributed by atoms with E-state index in [1.165, 1.54) is 29.0 Å². The molecule has 0 unspecified atom stereocenters. The van der Waals surface area contributed by atoms with Crippen molar-refractivity contribution in [3.05, 3.63) is 101 Å². The number of phenols is 1. The number of halogens is 1. The van der Waals surface area contributed by atoms with Crippen LogP contribution in [-0.2, 0) is 0 Å². The molecule has 5 rings (SSSR count). The molecule has 0 atom stereocenters. The van der Waals surface area contributed by atoms with Gasteiger partial charge < -0.3 is 15.3 Å². The van der Waals surface area contributed by atoms with Crippen molar-refractivity contribution >= 4 is 34.5 Å². The molecule has 1 heterocycles. The van der Waals surface area contributed by atoms with E-state index in [0.29, 0.717) is 27.8 Å².